The molecule has 0 aromatic rings. The monoisotopic (exact) mass is 330 g/mol. The number of hydrogen-bond acceptors (Lipinski definition) is 5. The summed E-state index contributed by atoms with van der Waals surface area (Å²) in [4.78, 5) is 25.7. The zero-order valence-electron chi connectivity index (χ0n) is 12.9. The average molecular weight is 330 g/mol. The van der Waals surface area contributed by atoms with E-state index in [1.54, 1.807) is 4.90 Å². The lowest BCUT2D eigenvalue weighted by Gasteiger charge is -2.36. The van der Waals surface area contributed by atoms with E-state index in [9.17, 15) is 18.0 Å². The maximum Gasteiger partial charge on any atom is 0.270 e. The second-order valence-corrected chi connectivity index (χ2v) is 7.57. The molecule has 0 saturated carbocycles. The van der Waals surface area contributed by atoms with Crippen molar-refractivity contribution in [3.05, 3.63) is 0 Å². The van der Waals surface area contributed by atoms with Crippen molar-refractivity contribution in [3.63, 3.8) is 0 Å². The Balaban J connectivity index is 2.08. The Morgan fingerprint density at radius 2 is 2.09 bits per heavy atom. The number of nitrogens with one attached hydrogen (secondary N) is 1. The van der Waals surface area contributed by atoms with Crippen molar-refractivity contribution in [2.24, 2.45) is 5.10 Å². The number of carbonyl (C=O) groups excluding carboxylic acids is 2. The van der Waals surface area contributed by atoms with E-state index < -0.39 is 10.0 Å². The van der Waals surface area contributed by atoms with E-state index in [2.05, 4.69) is 9.82 Å². The third-order valence-corrected chi connectivity index (χ3v) is 4.61. The predicted molar refractivity (Wildman–Crippen MR) is 81.6 cm³/mol. The first-order chi connectivity index (χ1) is 10.3. The lowest BCUT2D eigenvalue weighted by molar-refractivity contribution is -0.131. The summed E-state index contributed by atoms with van der Waals surface area (Å²) in [5.74, 6) is -0.301. The highest BCUT2D eigenvalue weighted by Crippen LogP contribution is 2.19. The van der Waals surface area contributed by atoms with Crippen molar-refractivity contribution in [1.82, 2.24) is 14.6 Å². The van der Waals surface area contributed by atoms with Gasteiger partial charge in [-0.1, -0.05) is 0 Å². The highest BCUT2D eigenvalue weighted by atomic mass is 32.2. The van der Waals surface area contributed by atoms with Crippen LogP contribution in [0, 0.1) is 0 Å². The van der Waals surface area contributed by atoms with Crippen LogP contribution in [0.15, 0.2) is 5.10 Å². The van der Waals surface area contributed by atoms with Crippen LogP contribution in [0.5, 0.6) is 0 Å². The van der Waals surface area contributed by atoms with Gasteiger partial charge in [0.15, 0.2) is 0 Å². The smallest absolute Gasteiger partial charge is 0.270 e. The fourth-order valence-corrected chi connectivity index (χ4v) is 3.21. The molecule has 2 amide bonds. The van der Waals surface area contributed by atoms with Crippen LogP contribution in [0.3, 0.4) is 0 Å². The van der Waals surface area contributed by atoms with Crippen molar-refractivity contribution < 1.29 is 18.0 Å². The van der Waals surface area contributed by atoms with Crippen molar-refractivity contribution in [2.45, 2.75) is 38.1 Å². The molecule has 2 heterocycles. The van der Waals surface area contributed by atoms with E-state index in [-0.39, 0.29) is 30.8 Å². The van der Waals surface area contributed by atoms with Crippen LogP contribution < -0.4 is 4.72 Å². The van der Waals surface area contributed by atoms with Gasteiger partial charge in [0, 0.05) is 39.0 Å². The quantitative estimate of drug-likeness (QED) is 0.753. The van der Waals surface area contributed by atoms with Gasteiger partial charge in [0.1, 0.15) is 5.71 Å². The molecule has 0 bridgehead atoms. The van der Waals surface area contributed by atoms with Gasteiger partial charge >= 0.3 is 0 Å². The minimum Gasteiger partial charge on any atom is -0.333 e. The fourth-order valence-electron chi connectivity index (χ4n) is 2.72. The van der Waals surface area contributed by atoms with Gasteiger partial charge in [-0.3, -0.25) is 9.59 Å². The molecule has 2 rings (SSSR count). The van der Waals surface area contributed by atoms with Gasteiger partial charge in [0.25, 0.3) is 5.91 Å². The second-order valence-electron chi connectivity index (χ2n) is 5.73. The third kappa shape index (κ3) is 4.26. The van der Waals surface area contributed by atoms with Crippen LogP contribution >= 0.6 is 0 Å². The number of rotatable bonds is 4. The first-order valence-corrected chi connectivity index (χ1v) is 9.26. The first kappa shape index (κ1) is 16.9. The van der Waals surface area contributed by atoms with Crippen molar-refractivity contribution in [1.29, 1.82) is 0 Å². The predicted octanol–water partition coefficient (Wildman–Crippen LogP) is -0.475. The molecule has 0 unspecified atom stereocenters. The van der Waals surface area contributed by atoms with E-state index in [0.29, 0.717) is 18.7 Å². The Morgan fingerprint density at radius 1 is 1.36 bits per heavy atom. The van der Waals surface area contributed by atoms with Crippen LogP contribution in [-0.4, -0.2) is 68.3 Å². The summed E-state index contributed by atoms with van der Waals surface area (Å²) in [7, 11) is -1.75. The molecule has 1 saturated heterocycles. The Bertz CT molecular complexity index is 587. The highest BCUT2D eigenvalue weighted by Gasteiger charge is 2.32. The van der Waals surface area contributed by atoms with Gasteiger partial charge in [-0.15, -0.1) is 0 Å². The van der Waals surface area contributed by atoms with E-state index >= 15 is 0 Å². The molecule has 0 aromatic heterocycles. The molecule has 0 radical (unpaired) electrons. The van der Waals surface area contributed by atoms with Crippen LogP contribution in [-0.2, 0) is 19.6 Å². The molecule has 1 atom stereocenters. The van der Waals surface area contributed by atoms with E-state index in [1.165, 1.54) is 12.1 Å². The number of nitrogens with zero attached hydrogens (tertiary/aromatic N) is 3. The molecule has 124 valence electrons. The molecule has 0 aliphatic carbocycles. The Morgan fingerprint density at radius 3 is 2.73 bits per heavy atom. The molecule has 22 heavy (non-hydrogen) atoms. The lowest BCUT2D eigenvalue weighted by atomic mass is 10.0. The van der Waals surface area contributed by atoms with Crippen molar-refractivity contribution >= 4 is 27.5 Å². The standard InChI is InChI=1S/C13H22N4O4S/c1-16-12(18)7-6-11(15-16)13(19)17-8-4-3-5-10(17)9-14-22(2,20)21/h10,14H,3-9H2,1-2H3/t10-/m0/s1. The Labute approximate surface area is 130 Å². The number of sulfonamides is 1. The number of amides is 2. The Hall–Kier alpha value is -1.48. The molecule has 2 aliphatic heterocycles. The van der Waals surface area contributed by atoms with Gasteiger partial charge in [0.05, 0.1) is 6.26 Å². The number of piperidine rings is 1. The van der Waals surface area contributed by atoms with Gasteiger partial charge < -0.3 is 4.90 Å². The number of likely N-dealkylation sites (tertiary alicyclic amines) is 1. The first-order valence-electron chi connectivity index (χ1n) is 7.37. The van der Waals surface area contributed by atoms with Crippen LogP contribution in [0.2, 0.25) is 0 Å². The zero-order valence-corrected chi connectivity index (χ0v) is 13.7. The molecule has 1 fully saturated rings. The highest BCUT2D eigenvalue weighted by molar-refractivity contribution is 7.88. The normalized spacial score (nSPS) is 23.5. The van der Waals surface area contributed by atoms with Gasteiger partial charge in [-0.25, -0.2) is 18.1 Å². The topological polar surface area (TPSA) is 99.2 Å². The van der Waals surface area contributed by atoms with E-state index in [4.69, 9.17) is 0 Å². The molecule has 1 N–H and O–H groups in total. The van der Waals surface area contributed by atoms with E-state index in [1.807, 2.05) is 0 Å². The second kappa shape index (κ2) is 6.74. The third-order valence-electron chi connectivity index (χ3n) is 3.92. The van der Waals surface area contributed by atoms with Crippen LogP contribution in [0.4, 0.5) is 0 Å². The maximum absolute atomic E-state index is 12.6. The minimum atomic E-state index is -3.28. The molecular formula is C13H22N4O4S. The van der Waals surface area contributed by atoms with E-state index in [0.717, 1.165) is 25.5 Å². The zero-order chi connectivity index (χ0) is 16.3. The Kier molecular flexibility index (Phi) is 5.17. The summed E-state index contributed by atoms with van der Waals surface area (Å²) in [6, 6.07) is -0.165. The number of hydrazone groups is 1. The molecule has 2 aliphatic rings. The summed E-state index contributed by atoms with van der Waals surface area (Å²) in [5.41, 5.74) is 0.369. The minimum absolute atomic E-state index is 0.106. The number of hydrogen-bond donors (Lipinski definition) is 1. The van der Waals surface area contributed by atoms with Gasteiger partial charge in [0.2, 0.25) is 15.9 Å². The maximum atomic E-state index is 12.6. The molecule has 8 nitrogen and oxygen atoms in total. The number of carbonyl (C=O) groups is 2. The SMILES string of the molecule is CN1N=C(C(=O)N2CCCC[C@H]2CNS(C)(=O)=O)CCC1=O. The summed E-state index contributed by atoms with van der Waals surface area (Å²) in [6.45, 7) is 0.804. The molecule has 9 heteroatoms. The van der Waals surface area contributed by atoms with Crippen LogP contribution in [0.25, 0.3) is 0 Å². The van der Waals surface area contributed by atoms with Crippen molar-refractivity contribution in [3.8, 4) is 0 Å². The molecule has 0 aromatic carbocycles. The molecule has 0 spiro atoms. The summed E-state index contributed by atoms with van der Waals surface area (Å²) < 4.78 is 25.0. The van der Waals surface area contributed by atoms with Crippen molar-refractivity contribution in [2.75, 3.05) is 26.4 Å². The fraction of sp³-hybridized carbons (Fsp3) is 0.769. The van der Waals surface area contributed by atoms with Crippen LogP contribution in [0.1, 0.15) is 32.1 Å². The van der Waals surface area contributed by atoms with Gasteiger partial charge in [-0.05, 0) is 19.3 Å². The molecular weight excluding hydrogens is 308 g/mol. The summed E-state index contributed by atoms with van der Waals surface area (Å²) in [5, 5.41) is 5.25. The largest absolute Gasteiger partial charge is 0.333 e. The summed E-state index contributed by atoms with van der Waals surface area (Å²) in [6.07, 6.45) is 4.34. The lowest BCUT2D eigenvalue weighted by Crippen LogP contribution is -2.52. The average Bonchev–Trinajstić information content (AvgIpc) is 2.47. The van der Waals surface area contributed by atoms with Gasteiger partial charge in [-0.2, -0.15) is 5.10 Å². The summed E-state index contributed by atoms with van der Waals surface area (Å²) >= 11 is 0.